The third-order valence-corrected chi connectivity index (χ3v) is 4.22. The van der Waals surface area contributed by atoms with E-state index in [4.69, 9.17) is 11.6 Å². The summed E-state index contributed by atoms with van der Waals surface area (Å²) in [6.07, 6.45) is 3.74. The maximum absolute atomic E-state index is 11.9. The van der Waals surface area contributed by atoms with Gasteiger partial charge in [-0.15, -0.1) is 0 Å². The first kappa shape index (κ1) is 14.3. The average molecular weight is 285 g/mol. The Morgan fingerprint density at radius 1 is 1.58 bits per heavy atom. The number of anilines is 1. The zero-order valence-electron chi connectivity index (χ0n) is 11.7. The SMILES string of the molecule is CCn1ncc(NC2CCN(C)C(C)C2)c(Cl)c1=O. The fourth-order valence-corrected chi connectivity index (χ4v) is 2.63. The summed E-state index contributed by atoms with van der Waals surface area (Å²) in [5.41, 5.74) is 0.424. The first-order valence-corrected chi connectivity index (χ1v) is 7.13. The lowest BCUT2D eigenvalue weighted by Gasteiger charge is -2.35. The summed E-state index contributed by atoms with van der Waals surface area (Å²) < 4.78 is 1.37. The van der Waals surface area contributed by atoms with E-state index >= 15 is 0 Å². The van der Waals surface area contributed by atoms with Crippen LogP contribution in [-0.4, -0.2) is 40.4 Å². The lowest BCUT2D eigenvalue weighted by atomic mass is 9.99. The molecular weight excluding hydrogens is 264 g/mol. The summed E-state index contributed by atoms with van der Waals surface area (Å²) in [6, 6.07) is 0.886. The van der Waals surface area contributed by atoms with Crippen LogP contribution >= 0.6 is 11.6 Å². The molecule has 1 aromatic heterocycles. The summed E-state index contributed by atoms with van der Waals surface area (Å²) in [4.78, 5) is 14.2. The van der Waals surface area contributed by atoms with Crippen molar-refractivity contribution in [3.63, 3.8) is 0 Å². The van der Waals surface area contributed by atoms with E-state index < -0.39 is 0 Å². The predicted octanol–water partition coefficient (Wildman–Crippen LogP) is 1.81. The highest BCUT2D eigenvalue weighted by Crippen LogP contribution is 2.22. The van der Waals surface area contributed by atoms with Crippen LogP contribution in [0.5, 0.6) is 0 Å². The van der Waals surface area contributed by atoms with Gasteiger partial charge in [-0.3, -0.25) is 4.79 Å². The molecule has 1 fully saturated rings. The number of aromatic nitrogens is 2. The van der Waals surface area contributed by atoms with E-state index in [1.54, 1.807) is 6.20 Å². The second-order valence-corrected chi connectivity index (χ2v) is 5.57. The zero-order valence-corrected chi connectivity index (χ0v) is 12.4. The summed E-state index contributed by atoms with van der Waals surface area (Å²) in [5.74, 6) is 0. The second kappa shape index (κ2) is 5.92. The summed E-state index contributed by atoms with van der Waals surface area (Å²) in [6.45, 7) is 5.67. The predicted molar refractivity (Wildman–Crippen MR) is 77.9 cm³/mol. The van der Waals surface area contributed by atoms with Crippen LogP contribution in [0.2, 0.25) is 5.02 Å². The fourth-order valence-electron chi connectivity index (χ4n) is 2.43. The molecule has 1 N–H and O–H groups in total. The number of hydrogen-bond acceptors (Lipinski definition) is 4. The van der Waals surface area contributed by atoms with Crippen LogP contribution in [0.15, 0.2) is 11.0 Å². The Kier molecular flexibility index (Phi) is 4.47. The van der Waals surface area contributed by atoms with Crippen LogP contribution in [0, 0.1) is 0 Å². The number of halogens is 1. The normalized spacial score (nSPS) is 24.4. The van der Waals surface area contributed by atoms with Crippen LogP contribution in [0.3, 0.4) is 0 Å². The smallest absolute Gasteiger partial charge is 0.287 e. The van der Waals surface area contributed by atoms with Crippen molar-refractivity contribution in [2.75, 3.05) is 18.9 Å². The van der Waals surface area contributed by atoms with Crippen molar-refractivity contribution in [1.29, 1.82) is 0 Å². The van der Waals surface area contributed by atoms with Gasteiger partial charge >= 0.3 is 0 Å². The van der Waals surface area contributed by atoms with E-state index in [9.17, 15) is 4.79 Å². The minimum absolute atomic E-state index is 0.227. The zero-order chi connectivity index (χ0) is 14.0. The molecule has 2 heterocycles. The van der Waals surface area contributed by atoms with Crippen LogP contribution in [0.4, 0.5) is 5.69 Å². The summed E-state index contributed by atoms with van der Waals surface area (Å²) in [7, 11) is 2.14. The van der Waals surface area contributed by atoms with Crippen molar-refractivity contribution < 1.29 is 0 Å². The molecule has 0 bridgehead atoms. The van der Waals surface area contributed by atoms with Crippen molar-refractivity contribution in [1.82, 2.24) is 14.7 Å². The maximum Gasteiger partial charge on any atom is 0.287 e. The lowest BCUT2D eigenvalue weighted by Crippen LogP contribution is -2.42. The number of aryl methyl sites for hydroxylation is 1. The van der Waals surface area contributed by atoms with Gasteiger partial charge in [-0.2, -0.15) is 5.10 Å². The third-order valence-electron chi connectivity index (χ3n) is 3.85. The number of nitrogens with zero attached hydrogens (tertiary/aromatic N) is 3. The number of likely N-dealkylation sites (tertiary alicyclic amines) is 1. The Labute approximate surface area is 118 Å². The van der Waals surface area contributed by atoms with E-state index in [1.807, 2.05) is 6.92 Å². The van der Waals surface area contributed by atoms with Crippen LogP contribution in [0.1, 0.15) is 26.7 Å². The van der Waals surface area contributed by atoms with Gasteiger partial charge in [0.05, 0.1) is 11.9 Å². The molecule has 5 nitrogen and oxygen atoms in total. The van der Waals surface area contributed by atoms with Gasteiger partial charge in [0.2, 0.25) is 0 Å². The van der Waals surface area contributed by atoms with Gasteiger partial charge in [0.1, 0.15) is 5.02 Å². The molecule has 0 saturated carbocycles. The molecule has 1 aliphatic heterocycles. The first-order valence-electron chi connectivity index (χ1n) is 6.75. The molecule has 106 valence electrons. The lowest BCUT2D eigenvalue weighted by molar-refractivity contribution is 0.190. The Morgan fingerprint density at radius 2 is 2.32 bits per heavy atom. The van der Waals surface area contributed by atoms with Crippen molar-refractivity contribution in [3.05, 3.63) is 21.6 Å². The van der Waals surface area contributed by atoms with Gasteiger partial charge in [0.15, 0.2) is 0 Å². The van der Waals surface area contributed by atoms with Gasteiger partial charge in [0.25, 0.3) is 5.56 Å². The number of hydrogen-bond donors (Lipinski definition) is 1. The molecule has 0 aliphatic carbocycles. The van der Waals surface area contributed by atoms with Crippen molar-refractivity contribution >= 4 is 17.3 Å². The molecule has 6 heteroatoms. The molecule has 2 rings (SSSR count). The molecule has 0 aromatic carbocycles. The largest absolute Gasteiger partial charge is 0.380 e. The quantitative estimate of drug-likeness (QED) is 0.920. The monoisotopic (exact) mass is 284 g/mol. The fraction of sp³-hybridized carbons (Fsp3) is 0.692. The Bertz CT molecular complexity index is 502. The van der Waals surface area contributed by atoms with Gasteiger partial charge < -0.3 is 10.2 Å². The Morgan fingerprint density at radius 3 is 2.95 bits per heavy atom. The summed E-state index contributed by atoms with van der Waals surface area (Å²) >= 11 is 6.12. The molecule has 0 amide bonds. The third kappa shape index (κ3) is 3.09. The van der Waals surface area contributed by atoms with Crippen LogP contribution in [0.25, 0.3) is 0 Å². The Hall–Kier alpha value is -1.07. The van der Waals surface area contributed by atoms with Crippen molar-refractivity contribution in [2.45, 2.75) is 45.3 Å². The molecule has 0 spiro atoms. The molecular formula is C13H21ClN4O. The van der Waals surface area contributed by atoms with E-state index in [0.29, 0.717) is 24.3 Å². The highest BCUT2D eigenvalue weighted by Gasteiger charge is 2.23. The van der Waals surface area contributed by atoms with Crippen molar-refractivity contribution in [3.8, 4) is 0 Å². The number of nitrogens with one attached hydrogen (secondary N) is 1. The van der Waals surface area contributed by atoms with Gasteiger partial charge in [-0.25, -0.2) is 4.68 Å². The van der Waals surface area contributed by atoms with E-state index in [-0.39, 0.29) is 10.6 Å². The van der Waals surface area contributed by atoms with Crippen LogP contribution in [-0.2, 0) is 6.54 Å². The maximum atomic E-state index is 11.9. The number of piperidine rings is 1. The minimum atomic E-state index is -0.227. The van der Waals surface area contributed by atoms with Gasteiger partial charge in [-0.05, 0) is 33.7 Å². The molecule has 1 aromatic rings. The van der Waals surface area contributed by atoms with Crippen LogP contribution < -0.4 is 10.9 Å². The molecule has 2 atom stereocenters. The minimum Gasteiger partial charge on any atom is -0.380 e. The van der Waals surface area contributed by atoms with E-state index in [0.717, 1.165) is 19.4 Å². The van der Waals surface area contributed by atoms with E-state index in [1.165, 1.54) is 4.68 Å². The highest BCUT2D eigenvalue weighted by atomic mass is 35.5. The second-order valence-electron chi connectivity index (χ2n) is 5.19. The molecule has 1 aliphatic rings. The molecule has 2 unspecified atom stereocenters. The Balaban J connectivity index is 2.12. The molecule has 0 radical (unpaired) electrons. The van der Waals surface area contributed by atoms with Gasteiger partial charge in [0, 0.05) is 25.2 Å². The molecule has 19 heavy (non-hydrogen) atoms. The molecule has 1 saturated heterocycles. The van der Waals surface area contributed by atoms with Crippen molar-refractivity contribution in [2.24, 2.45) is 0 Å². The highest BCUT2D eigenvalue weighted by molar-refractivity contribution is 6.32. The topological polar surface area (TPSA) is 50.2 Å². The number of rotatable bonds is 3. The summed E-state index contributed by atoms with van der Waals surface area (Å²) in [5, 5.41) is 7.70. The average Bonchev–Trinajstić information content (AvgIpc) is 2.40. The van der Waals surface area contributed by atoms with Gasteiger partial charge in [-0.1, -0.05) is 11.6 Å². The van der Waals surface area contributed by atoms with E-state index in [2.05, 4.69) is 29.3 Å². The standard InChI is InChI=1S/C13H21ClN4O/c1-4-18-13(19)12(14)11(8-15-18)16-10-5-6-17(3)9(2)7-10/h8-10,16H,4-7H2,1-3H3. The first-order chi connectivity index (χ1) is 9.02.